The van der Waals surface area contributed by atoms with Crippen LogP contribution in [0.5, 0.6) is 5.75 Å². The number of hydrogen-bond acceptors (Lipinski definition) is 4. The Hall–Kier alpha value is -2.79. The van der Waals surface area contributed by atoms with Gasteiger partial charge in [-0.25, -0.2) is 0 Å². The molecule has 0 radical (unpaired) electrons. The first-order valence-electron chi connectivity index (χ1n) is 10.3. The predicted molar refractivity (Wildman–Crippen MR) is 113 cm³/mol. The van der Waals surface area contributed by atoms with Gasteiger partial charge in [0.25, 0.3) is 5.56 Å². The van der Waals surface area contributed by atoms with Gasteiger partial charge in [-0.2, -0.15) is 0 Å². The van der Waals surface area contributed by atoms with Crippen molar-refractivity contribution < 1.29 is 9.52 Å². The molecule has 3 aromatic rings. The number of benzene rings is 1. The summed E-state index contributed by atoms with van der Waals surface area (Å²) in [7, 11) is 0. The molecule has 29 heavy (non-hydrogen) atoms. The van der Waals surface area contributed by atoms with Gasteiger partial charge in [-0.3, -0.25) is 9.69 Å². The molecule has 0 unspecified atom stereocenters. The number of nitrogens with zero attached hydrogens (tertiary/aromatic N) is 2. The van der Waals surface area contributed by atoms with Gasteiger partial charge >= 0.3 is 0 Å². The Labute approximate surface area is 171 Å². The van der Waals surface area contributed by atoms with Crippen molar-refractivity contribution in [3.63, 3.8) is 0 Å². The zero-order chi connectivity index (χ0) is 20.4. The van der Waals surface area contributed by atoms with Gasteiger partial charge in [0.2, 0.25) is 0 Å². The summed E-state index contributed by atoms with van der Waals surface area (Å²) in [5.41, 5.74) is 3.23. The molecule has 5 nitrogen and oxygen atoms in total. The zero-order valence-corrected chi connectivity index (χ0v) is 17.1. The van der Waals surface area contributed by atoms with Crippen LogP contribution < -0.4 is 5.56 Å². The van der Waals surface area contributed by atoms with E-state index in [4.69, 9.17) is 4.42 Å². The molecule has 1 atom stereocenters. The van der Waals surface area contributed by atoms with Crippen molar-refractivity contribution in [2.75, 3.05) is 13.1 Å². The van der Waals surface area contributed by atoms with Gasteiger partial charge < -0.3 is 14.1 Å². The maximum atomic E-state index is 13.6. The van der Waals surface area contributed by atoms with E-state index in [0.717, 1.165) is 37.3 Å². The number of aromatic nitrogens is 1. The van der Waals surface area contributed by atoms with E-state index < -0.39 is 0 Å². The Kier molecular flexibility index (Phi) is 5.58. The van der Waals surface area contributed by atoms with Gasteiger partial charge in [-0.1, -0.05) is 36.2 Å². The molecule has 4 rings (SSSR count). The van der Waals surface area contributed by atoms with Gasteiger partial charge in [0.05, 0.1) is 24.4 Å². The lowest BCUT2D eigenvalue weighted by Gasteiger charge is -2.35. The predicted octanol–water partition coefficient (Wildman–Crippen LogP) is 4.39. The molecule has 5 heteroatoms. The summed E-state index contributed by atoms with van der Waals surface area (Å²) in [6.45, 7) is 6.09. The highest BCUT2D eigenvalue weighted by Crippen LogP contribution is 2.34. The molecule has 0 spiro atoms. The Morgan fingerprint density at radius 2 is 1.79 bits per heavy atom. The minimum Gasteiger partial charge on any atom is -0.507 e. The molecule has 1 saturated heterocycles. The third-order valence-corrected chi connectivity index (χ3v) is 5.84. The summed E-state index contributed by atoms with van der Waals surface area (Å²) in [6, 6.07) is 13.4. The van der Waals surface area contributed by atoms with Gasteiger partial charge in [-0.15, -0.1) is 0 Å². The Morgan fingerprint density at radius 3 is 2.45 bits per heavy atom. The molecule has 1 aliphatic rings. The van der Waals surface area contributed by atoms with Gasteiger partial charge in [-0.05, 0) is 63.5 Å². The number of pyridine rings is 1. The Morgan fingerprint density at radius 1 is 1.07 bits per heavy atom. The van der Waals surface area contributed by atoms with Crippen molar-refractivity contribution in [2.24, 2.45) is 0 Å². The average molecular weight is 392 g/mol. The van der Waals surface area contributed by atoms with E-state index in [-0.39, 0.29) is 17.4 Å². The Balaban J connectivity index is 1.85. The lowest BCUT2D eigenvalue weighted by molar-refractivity contribution is 0.183. The third-order valence-electron chi connectivity index (χ3n) is 5.84. The summed E-state index contributed by atoms with van der Waals surface area (Å²) in [4.78, 5) is 15.9. The minimum absolute atomic E-state index is 0.0688. The number of aromatic hydroxyl groups is 1. The van der Waals surface area contributed by atoms with Crippen molar-refractivity contribution in [3.05, 3.63) is 87.2 Å². The fourth-order valence-corrected chi connectivity index (χ4v) is 4.27. The molecule has 1 aliphatic heterocycles. The van der Waals surface area contributed by atoms with Crippen LogP contribution in [0.2, 0.25) is 0 Å². The van der Waals surface area contributed by atoms with Crippen molar-refractivity contribution in [1.82, 2.24) is 9.47 Å². The molecule has 0 amide bonds. The van der Waals surface area contributed by atoms with E-state index >= 15 is 0 Å². The van der Waals surface area contributed by atoms with E-state index in [9.17, 15) is 9.90 Å². The average Bonchev–Trinajstić information content (AvgIpc) is 3.23. The number of furan rings is 1. The number of hydrogen-bond donors (Lipinski definition) is 1. The molecular formula is C24H28N2O3. The van der Waals surface area contributed by atoms with Gasteiger partial charge in [0.1, 0.15) is 11.5 Å². The summed E-state index contributed by atoms with van der Waals surface area (Å²) < 4.78 is 7.15. The highest BCUT2D eigenvalue weighted by molar-refractivity contribution is 5.41. The highest BCUT2D eigenvalue weighted by atomic mass is 16.3. The molecule has 1 fully saturated rings. The fraction of sp³-hybridized carbons (Fsp3) is 0.375. The van der Waals surface area contributed by atoms with E-state index in [1.54, 1.807) is 16.9 Å². The van der Waals surface area contributed by atoms with E-state index in [2.05, 4.69) is 36.1 Å². The monoisotopic (exact) mass is 392 g/mol. The summed E-state index contributed by atoms with van der Waals surface area (Å²) in [5.74, 6) is 0.788. The first-order chi connectivity index (χ1) is 14.0. The largest absolute Gasteiger partial charge is 0.507 e. The van der Waals surface area contributed by atoms with Crippen LogP contribution in [0.15, 0.2) is 57.9 Å². The molecular weight excluding hydrogens is 364 g/mol. The summed E-state index contributed by atoms with van der Waals surface area (Å²) in [5, 5.41) is 10.9. The number of piperidine rings is 1. The lowest BCUT2D eigenvalue weighted by Crippen LogP contribution is -2.38. The lowest BCUT2D eigenvalue weighted by atomic mass is 9.94. The van der Waals surface area contributed by atoms with E-state index in [1.807, 2.05) is 19.1 Å². The number of aryl methyl sites for hydroxylation is 2. The molecule has 3 heterocycles. The number of likely N-dealkylation sites (tertiary alicyclic amines) is 1. The number of rotatable bonds is 5. The van der Waals surface area contributed by atoms with Crippen LogP contribution in [0.25, 0.3) is 0 Å². The first-order valence-corrected chi connectivity index (χ1v) is 10.3. The normalized spacial score (nSPS) is 16.1. The standard InChI is InChI=1S/C24H28N2O3/c1-17-8-10-19(11-9-17)23(25-12-4-3-5-13-25)22-21(27)15-18(2)26(24(22)28)16-20-7-6-14-29-20/h6-11,14-15,23,27H,3-5,12-13,16H2,1-2H3/t23-/m1/s1. The third kappa shape index (κ3) is 4.01. The van der Waals surface area contributed by atoms with Crippen molar-refractivity contribution in [3.8, 4) is 5.75 Å². The van der Waals surface area contributed by atoms with Crippen LogP contribution in [0.1, 0.15) is 53.4 Å². The minimum atomic E-state index is -0.258. The van der Waals surface area contributed by atoms with E-state index in [0.29, 0.717) is 17.8 Å². The smallest absolute Gasteiger partial charge is 0.260 e. The van der Waals surface area contributed by atoms with Crippen LogP contribution in [0.4, 0.5) is 0 Å². The van der Waals surface area contributed by atoms with Crippen molar-refractivity contribution >= 4 is 0 Å². The summed E-state index contributed by atoms with van der Waals surface area (Å²) >= 11 is 0. The van der Waals surface area contributed by atoms with Crippen molar-refractivity contribution in [2.45, 2.75) is 45.7 Å². The highest BCUT2D eigenvalue weighted by Gasteiger charge is 2.30. The fourth-order valence-electron chi connectivity index (χ4n) is 4.27. The molecule has 0 bridgehead atoms. The molecule has 2 aromatic heterocycles. The van der Waals surface area contributed by atoms with Crippen LogP contribution in [0, 0.1) is 13.8 Å². The quantitative estimate of drug-likeness (QED) is 0.700. The Bertz CT molecular complexity index is 1010. The van der Waals surface area contributed by atoms with Gasteiger partial charge in [0, 0.05) is 5.69 Å². The second-order valence-electron chi connectivity index (χ2n) is 7.97. The second kappa shape index (κ2) is 8.29. The second-order valence-corrected chi connectivity index (χ2v) is 7.97. The van der Waals surface area contributed by atoms with Crippen LogP contribution >= 0.6 is 0 Å². The van der Waals surface area contributed by atoms with Crippen LogP contribution in [-0.4, -0.2) is 27.7 Å². The SMILES string of the molecule is Cc1ccc([C@H](c2c(O)cc(C)n(Cc3ccco3)c2=O)N2CCCCC2)cc1. The first kappa shape index (κ1) is 19.5. The molecule has 1 N–H and O–H groups in total. The molecule has 152 valence electrons. The zero-order valence-electron chi connectivity index (χ0n) is 17.1. The molecule has 1 aromatic carbocycles. The van der Waals surface area contributed by atoms with Gasteiger partial charge in [0.15, 0.2) is 0 Å². The maximum Gasteiger partial charge on any atom is 0.260 e. The van der Waals surface area contributed by atoms with Crippen LogP contribution in [-0.2, 0) is 6.54 Å². The maximum absolute atomic E-state index is 13.6. The van der Waals surface area contributed by atoms with Crippen LogP contribution in [0.3, 0.4) is 0 Å². The molecule has 0 aliphatic carbocycles. The summed E-state index contributed by atoms with van der Waals surface area (Å²) in [6.07, 6.45) is 5.03. The van der Waals surface area contributed by atoms with E-state index in [1.165, 1.54) is 12.0 Å². The topological polar surface area (TPSA) is 58.6 Å². The molecule has 0 saturated carbocycles. The van der Waals surface area contributed by atoms with Crippen molar-refractivity contribution in [1.29, 1.82) is 0 Å².